The molecule has 0 bridgehead atoms. The molecule has 0 aromatic rings. The molecule has 2 amide bonds. The predicted molar refractivity (Wildman–Crippen MR) is 75.3 cm³/mol. The minimum absolute atomic E-state index is 0.312. The maximum absolute atomic E-state index is 10.7. The number of carbonyl (C=O) groups excluding carboxylic acids is 2. The number of hydrogen-bond donors (Lipinski definition) is 2. The van der Waals surface area contributed by atoms with E-state index in [4.69, 9.17) is 10.4 Å². The second-order valence-corrected chi connectivity index (χ2v) is 5.11. The molecule has 0 aliphatic carbocycles. The number of nitrogens with zero attached hydrogens (tertiary/aromatic N) is 2. The van der Waals surface area contributed by atoms with Crippen molar-refractivity contribution in [1.82, 2.24) is 10.1 Å². The molecule has 0 rings (SSSR count). The molecule has 0 heterocycles. The molecule has 0 radical (unpaired) electrons. The first kappa shape index (κ1) is 18.9. The van der Waals surface area contributed by atoms with Gasteiger partial charge in [-0.15, -0.1) is 0 Å². The van der Waals surface area contributed by atoms with E-state index < -0.39 is 0 Å². The van der Waals surface area contributed by atoms with E-state index in [1.54, 1.807) is 0 Å². The number of carbonyl (C=O) groups is 2. The van der Waals surface area contributed by atoms with Crippen LogP contribution in [0.5, 0.6) is 0 Å². The highest BCUT2D eigenvalue weighted by atomic mass is 16.5. The zero-order chi connectivity index (χ0) is 15.4. The van der Waals surface area contributed by atoms with Crippen LogP contribution in [-0.4, -0.2) is 45.4 Å². The van der Waals surface area contributed by atoms with Crippen LogP contribution < -0.4 is 0 Å². The third-order valence-electron chi connectivity index (χ3n) is 3.22. The zero-order valence-electron chi connectivity index (χ0n) is 12.7. The molecule has 20 heavy (non-hydrogen) atoms. The smallest absolute Gasteiger partial charge is 0.242 e. The Bertz CT molecular complexity index is 256. The number of hydrogen-bond acceptors (Lipinski definition) is 4. The van der Waals surface area contributed by atoms with Crippen molar-refractivity contribution < 1.29 is 20.0 Å². The number of hydroxylamine groups is 4. The Morgan fingerprint density at radius 3 is 1.15 bits per heavy atom. The van der Waals surface area contributed by atoms with Gasteiger partial charge in [-0.2, -0.15) is 0 Å². The van der Waals surface area contributed by atoms with Gasteiger partial charge in [0.15, 0.2) is 0 Å². The molecule has 6 nitrogen and oxygen atoms in total. The quantitative estimate of drug-likeness (QED) is 0.348. The highest BCUT2D eigenvalue weighted by molar-refractivity contribution is 5.71. The number of amides is 2. The van der Waals surface area contributed by atoms with Crippen molar-refractivity contribution in [2.45, 2.75) is 65.2 Å². The monoisotopic (exact) mass is 288 g/mol. The summed E-state index contributed by atoms with van der Waals surface area (Å²) < 4.78 is 0. The molecule has 0 unspecified atom stereocenters. The zero-order valence-corrected chi connectivity index (χ0v) is 12.7. The highest BCUT2D eigenvalue weighted by Crippen LogP contribution is 2.09. The molecule has 2 N–H and O–H groups in total. The largest absolute Gasteiger partial charge is 0.286 e. The van der Waals surface area contributed by atoms with Gasteiger partial charge in [0.25, 0.3) is 0 Å². The summed E-state index contributed by atoms with van der Waals surface area (Å²) in [6.45, 7) is 3.51. The van der Waals surface area contributed by atoms with Gasteiger partial charge in [0.1, 0.15) is 0 Å². The van der Waals surface area contributed by atoms with Crippen LogP contribution in [-0.2, 0) is 9.59 Å². The van der Waals surface area contributed by atoms with Crippen molar-refractivity contribution in [2.24, 2.45) is 0 Å². The van der Waals surface area contributed by atoms with E-state index in [9.17, 15) is 9.59 Å². The van der Waals surface area contributed by atoms with E-state index in [1.165, 1.54) is 13.8 Å². The first-order valence-corrected chi connectivity index (χ1v) is 7.39. The van der Waals surface area contributed by atoms with Crippen LogP contribution in [0.15, 0.2) is 0 Å². The summed E-state index contributed by atoms with van der Waals surface area (Å²) in [5.74, 6) is -0.623. The van der Waals surface area contributed by atoms with Crippen LogP contribution in [0.4, 0.5) is 0 Å². The van der Waals surface area contributed by atoms with Crippen LogP contribution in [0.1, 0.15) is 65.2 Å². The summed E-state index contributed by atoms with van der Waals surface area (Å²) in [7, 11) is 0. The van der Waals surface area contributed by atoms with Gasteiger partial charge in [0.05, 0.1) is 0 Å². The Morgan fingerprint density at radius 2 is 0.900 bits per heavy atom. The van der Waals surface area contributed by atoms with E-state index in [2.05, 4.69) is 0 Å². The first-order valence-electron chi connectivity index (χ1n) is 7.39. The van der Waals surface area contributed by atoms with Crippen molar-refractivity contribution in [2.75, 3.05) is 13.1 Å². The van der Waals surface area contributed by atoms with Gasteiger partial charge in [0, 0.05) is 26.9 Å². The van der Waals surface area contributed by atoms with Crippen LogP contribution in [0.3, 0.4) is 0 Å². The molecule has 0 aromatic heterocycles. The lowest BCUT2D eigenvalue weighted by atomic mass is 10.1. The maximum atomic E-state index is 10.7. The summed E-state index contributed by atoms with van der Waals surface area (Å²) in [6, 6.07) is 0. The third-order valence-corrected chi connectivity index (χ3v) is 3.22. The fourth-order valence-corrected chi connectivity index (χ4v) is 1.90. The molecule has 0 aliphatic heterocycles. The van der Waals surface area contributed by atoms with Gasteiger partial charge < -0.3 is 0 Å². The lowest BCUT2D eigenvalue weighted by Gasteiger charge is -2.12. The number of unbranched alkanes of at least 4 members (excludes halogenated alkanes) is 7. The van der Waals surface area contributed by atoms with Gasteiger partial charge in [-0.1, -0.05) is 38.5 Å². The Balaban J connectivity index is 3.21. The molecule has 0 saturated heterocycles. The summed E-state index contributed by atoms with van der Waals surface area (Å²) in [4.78, 5) is 21.5. The second-order valence-electron chi connectivity index (χ2n) is 5.11. The Morgan fingerprint density at radius 1 is 0.650 bits per heavy atom. The summed E-state index contributed by atoms with van der Waals surface area (Å²) in [6.07, 6.45) is 8.17. The van der Waals surface area contributed by atoms with Gasteiger partial charge in [0.2, 0.25) is 11.8 Å². The lowest BCUT2D eigenvalue weighted by molar-refractivity contribution is -0.163. The summed E-state index contributed by atoms with van der Waals surface area (Å²) in [5.41, 5.74) is 0. The molecule has 6 heteroatoms. The van der Waals surface area contributed by atoms with Gasteiger partial charge in [-0.3, -0.25) is 20.0 Å². The topological polar surface area (TPSA) is 81.1 Å². The molecular formula is C14H28N2O4. The second kappa shape index (κ2) is 11.7. The molecule has 0 atom stereocenters. The van der Waals surface area contributed by atoms with Crippen LogP contribution in [0.25, 0.3) is 0 Å². The standard InChI is InChI=1S/C14H28N2O4/c1-13(17)15(19)11-9-7-5-3-4-6-8-10-12-16(20)14(2)18/h19-20H,3-12H2,1-2H3. The van der Waals surface area contributed by atoms with Gasteiger partial charge in [-0.05, 0) is 12.8 Å². The van der Waals surface area contributed by atoms with Gasteiger partial charge >= 0.3 is 0 Å². The highest BCUT2D eigenvalue weighted by Gasteiger charge is 2.04. The van der Waals surface area contributed by atoms with Crippen LogP contribution in [0, 0.1) is 0 Å². The van der Waals surface area contributed by atoms with E-state index in [-0.39, 0.29) is 11.8 Å². The summed E-state index contributed by atoms with van der Waals surface area (Å²) in [5, 5.41) is 19.8. The Kier molecular flexibility index (Phi) is 11.0. The fourth-order valence-electron chi connectivity index (χ4n) is 1.90. The molecule has 0 fully saturated rings. The number of rotatable bonds is 11. The minimum Gasteiger partial charge on any atom is -0.286 e. The molecule has 0 aromatic carbocycles. The van der Waals surface area contributed by atoms with E-state index in [0.29, 0.717) is 13.1 Å². The average molecular weight is 288 g/mol. The van der Waals surface area contributed by atoms with E-state index in [0.717, 1.165) is 61.5 Å². The molecule has 118 valence electrons. The molecule has 0 saturated carbocycles. The first-order chi connectivity index (χ1) is 9.45. The SMILES string of the molecule is CC(=O)N(O)CCCCCCCCCCN(O)C(C)=O. The fraction of sp³-hybridized carbons (Fsp3) is 0.857. The molecular weight excluding hydrogens is 260 g/mol. The Hall–Kier alpha value is -1.14. The molecule has 0 aliphatic rings. The predicted octanol–water partition coefficient (Wildman–Crippen LogP) is 2.58. The van der Waals surface area contributed by atoms with E-state index >= 15 is 0 Å². The van der Waals surface area contributed by atoms with Gasteiger partial charge in [-0.25, -0.2) is 10.1 Å². The average Bonchev–Trinajstić information content (AvgIpc) is 2.39. The molecule has 0 spiro atoms. The normalized spacial score (nSPS) is 10.4. The van der Waals surface area contributed by atoms with Crippen LogP contribution >= 0.6 is 0 Å². The summed E-state index contributed by atoms with van der Waals surface area (Å²) >= 11 is 0. The van der Waals surface area contributed by atoms with Crippen molar-refractivity contribution in [3.05, 3.63) is 0 Å². The van der Waals surface area contributed by atoms with Crippen molar-refractivity contribution >= 4 is 11.8 Å². The Labute approximate surface area is 121 Å². The van der Waals surface area contributed by atoms with Crippen molar-refractivity contribution in [3.63, 3.8) is 0 Å². The third kappa shape index (κ3) is 10.8. The maximum Gasteiger partial charge on any atom is 0.242 e. The minimum atomic E-state index is -0.312. The van der Waals surface area contributed by atoms with Crippen molar-refractivity contribution in [1.29, 1.82) is 0 Å². The van der Waals surface area contributed by atoms with Crippen molar-refractivity contribution in [3.8, 4) is 0 Å². The van der Waals surface area contributed by atoms with E-state index in [1.807, 2.05) is 0 Å². The van der Waals surface area contributed by atoms with Crippen LogP contribution in [0.2, 0.25) is 0 Å². The lowest BCUT2D eigenvalue weighted by Crippen LogP contribution is -2.25.